The molecule has 158 valence electrons. The third-order valence-corrected chi connectivity index (χ3v) is 6.77. The van der Waals surface area contributed by atoms with Gasteiger partial charge in [0.25, 0.3) is 0 Å². The number of nitrogens with zero attached hydrogens (tertiary/aromatic N) is 1. The zero-order chi connectivity index (χ0) is 20.7. The molecule has 29 heavy (non-hydrogen) atoms. The standard InChI is InChI=1S/C20H26F2N4O3/c1-9-11(20(28)26-13-2-3-24-14(7-23)18(9)13)6-17(27)25-15-8-29-16-5-10(21)4-12(22)19(15)16/h10,12-16,18-19,24H,2-6,8H2,1H3,(H,25,27)(H,26,28)/t10?,12?,13?,14?,15-,16?,18?,19?/m1/s1. The van der Waals surface area contributed by atoms with E-state index >= 15 is 0 Å². The summed E-state index contributed by atoms with van der Waals surface area (Å²) in [6.07, 6.45) is -2.55. The SMILES string of the molecule is CC1=C(CC(=O)N[C@@H]2COC3CC(F)CC(F)C32)C(=O)NC2CCNC(C#N)C12. The molecule has 3 N–H and O–H groups in total. The topological polar surface area (TPSA) is 103 Å². The van der Waals surface area contributed by atoms with E-state index in [1.54, 1.807) is 6.92 Å². The van der Waals surface area contributed by atoms with Crippen molar-refractivity contribution in [2.24, 2.45) is 11.8 Å². The zero-order valence-corrected chi connectivity index (χ0v) is 16.3. The van der Waals surface area contributed by atoms with Gasteiger partial charge in [-0.25, -0.2) is 8.78 Å². The van der Waals surface area contributed by atoms with Gasteiger partial charge >= 0.3 is 0 Å². The number of ether oxygens (including phenoxy) is 1. The number of amides is 2. The van der Waals surface area contributed by atoms with Crippen LogP contribution in [0.1, 0.15) is 32.6 Å². The first-order valence-electron chi connectivity index (χ1n) is 10.2. The van der Waals surface area contributed by atoms with Crippen molar-refractivity contribution in [3.8, 4) is 6.07 Å². The lowest BCUT2D eigenvalue weighted by atomic mass is 9.76. The van der Waals surface area contributed by atoms with E-state index in [2.05, 4.69) is 22.0 Å². The van der Waals surface area contributed by atoms with Gasteiger partial charge in [0.1, 0.15) is 18.4 Å². The van der Waals surface area contributed by atoms with Crippen LogP contribution in [0.3, 0.4) is 0 Å². The summed E-state index contributed by atoms with van der Waals surface area (Å²) in [5, 5.41) is 18.3. The van der Waals surface area contributed by atoms with Crippen molar-refractivity contribution >= 4 is 11.8 Å². The highest BCUT2D eigenvalue weighted by Gasteiger charge is 2.48. The van der Waals surface area contributed by atoms with Crippen LogP contribution in [0.2, 0.25) is 0 Å². The van der Waals surface area contributed by atoms with Gasteiger partial charge in [0.2, 0.25) is 11.8 Å². The van der Waals surface area contributed by atoms with Crippen LogP contribution < -0.4 is 16.0 Å². The van der Waals surface area contributed by atoms with Crippen LogP contribution >= 0.6 is 0 Å². The molecule has 4 aliphatic rings. The molecule has 7 unspecified atom stereocenters. The van der Waals surface area contributed by atoms with Gasteiger partial charge in [0, 0.05) is 36.3 Å². The summed E-state index contributed by atoms with van der Waals surface area (Å²) in [6, 6.07) is 1.17. The van der Waals surface area contributed by atoms with Crippen molar-refractivity contribution in [1.29, 1.82) is 5.26 Å². The van der Waals surface area contributed by atoms with E-state index < -0.39 is 42.4 Å². The number of halogens is 2. The van der Waals surface area contributed by atoms with Crippen molar-refractivity contribution in [3.63, 3.8) is 0 Å². The molecule has 3 heterocycles. The highest BCUT2D eigenvalue weighted by molar-refractivity contribution is 6.00. The molecular formula is C20H26F2N4O3. The number of hydrogen-bond donors (Lipinski definition) is 3. The molecule has 1 aliphatic carbocycles. The summed E-state index contributed by atoms with van der Waals surface area (Å²) in [5.41, 5.74) is 1.10. The smallest absolute Gasteiger partial charge is 0.247 e. The third kappa shape index (κ3) is 3.76. The van der Waals surface area contributed by atoms with E-state index in [-0.39, 0.29) is 43.7 Å². The maximum Gasteiger partial charge on any atom is 0.247 e. The molecule has 0 aromatic rings. The van der Waals surface area contributed by atoms with Crippen molar-refractivity contribution in [2.45, 2.75) is 69.2 Å². The second kappa shape index (κ2) is 8.00. The molecule has 3 fully saturated rings. The minimum absolute atomic E-state index is 0.118. The molecule has 4 rings (SSSR count). The molecule has 7 nitrogen and oxygen atoms in total. The lowest BCUT2D eigenvalue weighted by Gasteiger charge is -2.41. The Bertz CT molecular complexity index is 767. The van der Waals surface area contributed by atoms with Gasteiger partial charge in [0.05, 0.1) is 31.2 Å². The van der Waals surface area contributed by atoms with Crippen molar-refractivity contribution in [2.75, 3.05) is 13.2 Å². The molecule has 8 atom stereocenters. The Balaban J connectivity index is 1.45. The van der Waals surface area contributed by atoms with Crippen LogP contribution in [0.4, 0.5) is 8.78 Å². The summed E-state index contributed by atoms with van der Waals surface area (Å²) in [4.78, 5) is 25.2. The van der Waals surface area contributed by atoms with Gasteiger partial charge in [-0.2, -0.15) is 5.26 Å². The van der Waals surface area contributed by atoms with E-state index in [0.717, 1.165) is 12.0 Å². The Morgan fingerprint density at radius 2 is 2.17 bits per heavy atom. The lowest BCUT2D eigenvalue weighted by Crippen LogP contribution is -2.58. The highest BCUT2D eigenvalue weighted by atomic mass is 19.1. The van der Waals surface area contributed by atoms with Gasteiger partial charge in [-0.3, -0.25) is 9.59 Å². The van der Waals surface area contributed by atoms with Crippen LogP contribution in [0, 0.1) is 23.2 Å². The minimum Gasteiger partial charge on any atom is -0.375 e. The number of carbonyl (C=O) groups excluding carboxylic acids is 2. The number of carbonyl (C=O) groups is 2. The third-order valence-electron chi connectivity index (χ3n) is 6.77. The second-order valence-electron chi connectivity index (χ2n) is 8.50. The summed E-state index contributed by atoms with van der Waals surface area (Å²) >= 11 is 0. The number of rotatable bonds is 3. The second-order valence-corrected chi connectivity index (χ2v) is 8.50. The Morgan fingerprint density at radius 1 is 1.38 bits per heavy atom. The van der Waals surface area contributed by atoms with Crippen LogP contribution in [-0.4, -0.2) is 61.5 Å². The van der Waals surface area contributed by atoms with Gasteiger partial charge in [-0.15, -0.1) is 0 Å². The lowest BCUT2D eigenvalue weighted by molar-refractivity contribution is -0.125. The highest BCUT2D eigenvalue weighted by Crippen LogP contribution is 2.38. The maximum absolute atomic E-state index is 14.4. The van der Waals surface area contributed by atoms with Crippen LogP contribution in [0.5, 0.6) is 0 Å². The summed E-state index contributed by atoms with van der Waals surface area (Å²) in [5.74, 6) is -1.42. The Morgan fingerprint density at radius 3 is 2.93 bits per heavy atom. The molecule has 0 spiro atoms. The monoisotopic (exact) mass is 408 g/mol. The molecule has 1 saturated carbocycles. The van der Waals surface area contributed by atoms with Gasteiger partial charge in [0.15, 0.2) is 0 Å². The quantitative estimate of drug-likeness (QED) is 0.637. The zero-order valence-electron chi connectivity index (χ0n) is 16.3. The average molecular weight is 408 g/mol. The minimum atomic E-state index is -1.36. The molecule has 9 heteroatoms. The number of fused-ring (bicyclic) bond motifs is 2. The van der Waals surface area contributed by atoms with Gasteiger partial charge < -0.3 is 20.7 Å². The van der Waals surface area contributed by atoms with E-state index in [0.29, 0.717) is 12.1 Å². The summed E-state index contributed by atoms with van der Waals surface area (Å²) in [7, 11) is 0. The van der Waals surface area contributed by atoms with Crippen LogP contribution in [-0.2, 0) is 14.3 Å². The predicted molar refractivity (Wildman–Crippen MR) is 98.9 cm³/mol. The van der Waals surface area contributed by atoms with Gasteiger partial charge in [-0.1, -0.05) is 5.57 Å². The first-order valence-corrected chi connectivity index (χ1v) is 10.2. The fourth-order valence-electron chi connectivity index (χ4n) is 5.35. The largest absolute Gasteiger partial charge is 0.375 e. The Kier molecular flexibility index (Phi) is 5.58. The first kappa shape index (κ1) is 20.2. The number of nitriles is 1. The van der Waals surface area contributed by atoms with E-state index in [4.69, 9.17) is 4.74 Å². The number of hydrogen-bond acceptors (Lipinski definition) is 5. The first-order chi connectivity index (χ1) is 13.9. The molecular weight excluding hydrogens is 382 g/mol. The van der Waals surface area contributed by atoms with Crippen molar-refractivity contribution < 1.29 is 23.1 Å². The summed E-state index contributed by atoms with van der Waals surface area (Å²) < 4.78 is 33.4. The summed E-state index contributed by atoms with van der Waals surface area (Å²) in [6.45, 7) is 2.59. The number of piperidine rings is 1. The fraction of sp³-hybridized carbons (Fsp3) is 0.750. The molecule has 0 aromatic heterocycles. The van der Waals surface area contributed by atoms with Crippen LogP contribution in [0.15, 0.2) is 11.1 Å². The number of alkyl halides is 2. The molecule has 2 amide bonds. The number of nitrogens with one attached hydrogen (secondary N) is 3. The van der Waals surface area contributed by atoms with Crippen LogP contribution in [0.25, 0.3) is 0 Å². The molecule has 2 saturated heterocycles. The van der Waals surface area contributed by atoms with E-state index in [1.807, 2.05) is 0 Å². The molecule has 3 aliphatic heterocycles. The Labute approximate surface area is 168 Å². The molecule has 0 aromatic carbocycles. The molecule has 0 bridgehead atoms. The fourth-order valence-corrected chi connectivity index (χ4v) is 5.35. The van der Waals surface area contributed by atoms with E-state index in [1.165, 1.54) is 0 Å². The van der Waals surface area contributed by atoms with E-state index in [9.17, 15) is 23.6 Å². The van der Waals surface area contributed by atoms with Crippen molar-refractivity contribution in [3.05, 3.63) is 11.1 Å². The Hall–Kier alpha value is -2.05. The average Bonchev–Trinajstić information content (AvgIpc) is 3.07. The molecule has 0 radical (unpaired) electrons. The van der Waals surface area contributed by atoms with Crippen molar-refractivity contribution in [1.82, 2.24) is 16.0 Å². The normalized spacial score (nSPS) is 41.8. The predicted octanol–water partition coefficient (Wildman–Crippen LogP) is 0.663. The maximum atomic E-state index is 14.4. The van der Waals surface area contributed by atoms with Gasteiger partial charge in [-0.05, 0) is 19.9 Å².